The number of nitrogens with zero attached hydrogens (tertiary/aromatic N) is 4. The Morgan fingerprint density at radius 3 is 1.75 bits per heavy atom. The molecule has 5 amide bonds. The Kier molecular flexibility index (Phi) is 16.7. The lowest BCUT2D eigenvalue weighted by Gasteiger charge is -2.41. The Hall–Kier alpha value is -4.94. The van der Waals surface area contributed by atoms with Crippen molar-refractivity contribution in [3.05, 3.63) is 71.8 Å². The zero-order chi connectivity index (χ0) is 42.8. The number of alkyl carbamates (subject to hydrolysis) is 1. The van der Waals surface area contributed by atoms with Crippen LogP contribution in [-0.2, 0) is 46.5 Å². The van der Waals surface area contributed by atoms with E-state index in [9.17, 15) is 28.8 Å². The maximum absolute atomic E-state index is 14.7. The van der Waals surface area contributed by atoms with Crippen molar-refractivity contribution in [1.29, 1.82) is 0 Å². The van der Waals surface area contributed by atoms with Crippen molar-refractivity contribution in [3.8, 4) is 0 Å². The summed E-state index contributed by atoms with van der Waals surface area (Å²) >= 11 is 0. The second-order valence-electron chi connectivity index (χ2n) is 17.1. The number of amides is 5. The van der Waals surface area contributed by atoms with Gasteiger partial charge in [-0.1, -0.05) is 102 Å². The van der Waals surface area contributed by atoms with E-state index in [1.807, 2.05) is 88.4 Å². The number of benzene rings is 2. The predicted molar refractivity (Wildman–Crippen MR) is 218 cm³/mol. The van der Waals surface area contributed by atoms with Crippen LogP contribution < -0.4 is 5.32 Å². The molecule has 0 aromatic heterocycles. The van der Waals surface area contributed by atoms with E-state index >= 15 is 0 Å². The second kappa shape index (κ2) is 20.5. The number of esters is 1. The number of hydrogen-bond acceptors (Lipinski definition) is 8. The van der Waals surface area contributed by atoms with E-state index in [-0.39, 0.29) is 36.7 Å². The number of nitrogens with one attached hydrogen (secondary N) is 1. The van der Waals surface area contributed by atoms with Crippen LogP contribution in [0.4, 0.5) is 4.79 Å². The molecule has 1 aliphatic heterocycles. The van der Waals surface area contributed by atoms with Crippen LogP contribution in [0.3, 0.4) is 0 Å². The van der Waals surface area contributed by atoms with E-state index in [2.05, 4.69) is 5.32 Å². The maximum Gasteiger partial charge on any atom is 0.408 e. The molecule has 0 saturated carbocycles. The summed E-state index contributed by atoms with van der Waals surface area (Å²) in [6, 6.07) is 13.8. The van der Waals surface area contributed by atoms with Gasteiger partial charge in [-0.25, -0.2) is 9.59 Å². The molecule has 5 atom stereocenters. The average molecular weight is 792 g/mol. The van der Waals surface area contributed by atoms with Gasteiger partial charge in [0.25, 0.3) is 0 Å². The highest BCUT2D eigenvalue weighted by Crippen LogP contribution is 2.26. The van der Waals surface area contributed by atoms with Gasteiger partial charge in [0.1, 0.15) is 42.4 Å². The molecule has 1 unspecified atom stereocenters. The molecular weight excluding hydrogens is 727 g/mol. The van der Waals surface area contributed by atoms with Crippen LogP contribution >= 0.6 is 0 Å². The highest BCUT2D eigenvalue weighted by molar-refractivity contribution is 5.96. The van der Waals surface area contributed by atoms with Gasteiger partial charge in [0.15, 0.2) is 0 Å². The largest absolute Gasteiger partial charge is 0.459 e. The molecule has 1 aliphatic rings. The fourth-order valence-electron chi connectivity index (χ4n) is 7.33. The molecule has 1 N–H and O–H groups in total. The van der Waals surface area contributed by atoms with Gasteiger partial charge in [0.2, 0.25) is 23.6 Å². The van der Waals surface area contributed by atoms with Crippen molar-refractivity contribution in [2.75, 3.05) is 27.7 Å². The molecule has 13 nitrogen and oxygen atoms in total. The van der Waals surface area contributed by atoms with Crippen LogP contribution in [-0.4, -0.2) is 119 Å². The Labute approximate surface area is 339 Å². The summed E-state index contributed by atoms with van der Waals surface area (Å²) in [5.41, 5.74) is 0.844. The molecular formula is C44H65N5O8. The van der Waals surface area contributed by atoms with Gasteiger partial charge >= 0.3 is 12.1 Å². The summed E-state index contributed by atoms with van der Waals surface area (Å²) in [6.07, 6.45) is 0.458. The summed E-state index contributed by atoms with van der Waals surface area (Å²) in [5.74, 6) is -3.34. The summed E-state index contributed by atoms with van der Waals surface area (Å²) in [5, 5.41) is 2.69. The smallest absolute Gasteiger partial charge is 0.408 e. The fourth-order valence-corrected chi connectivity index (χ4v) is 7.33. The molecule has 1 fully saturated rings. The van der Waals surface area contributed by atoms with Crippen molar-refractivity contribution < 1.29 is 38.2 Å². The topological polar surface area (TPSA) is 146 Å². The van der Waals surface area contributed by atoms with Gasteiger partial charge in [-0.15, -0.1) is 0 Å². The zero-order valence-electron chi connectivity index (χ0n) is 36.0. The molecule has 13 heteroatoms. The highest BCUT2D eigenvalue weighted by atomic mass is 16.6. The molecule has 1 saturated heterocycles. The van der Waals surface area contributed by atoms with E-state index in [0.717, 1.165) is 11.1 Å². The number of carbonyl (C=O) groups excluding carboxylic acids is 6. The van der Waals surface area contributed by atoms with Crippen LogP contribution in [0.5, 0.6) is 0 Å². The summed E-state index contributed by atoms with van der Waals surface area (Å²) in [4.78, 5) is 89.5. The van der Waals surface area contributed by atoms with Crippen LogP contribution in [0.1, 0.15) is 86.3 Å². The van der Waals surface area contributed by atoms with Gasteiger partial charge in [0, 0.05) is 34.1 Å². The van der Waals surface area contributed by atoms with E-state index in [1.54, 1.807) is 48.7 Å². The number of carbonyl (C=O) groups is 6. The summed E-state index contributed by atoms with van der Waals surface area (Å²) < 4.78 is 11.1. The molecule has 2 aromatic carbocycles. The van der Waals surface area contributed by atoms with Crippen LogP contribution in [0.2, 0.25) is 0 Å². The molecule has 0 spiro atoms. The molecule has 0 radical (unpaired) electrons. The predicted octanol–water partition coefficient (Wildman–Crippen LogP) is 5.31. The molecule has 57 heavy (non-hydrogen) atoms. The fraction of sp³-hybridized carbons (Fsp3) is 0.591. The molecule has 0 aliphatic carbocycles. The monoisotopic (exact) mass is 791 g/mol. The van der Waals surface area contributed by atoms with E-state index in [1.165, 1.54) is 26.6 Å². The Balaban J connectivity index is 1.90. The summed E-state index contributed by atoms with van der Waals surface area (Å²) in [7, 11) is 4.63. The van der Waals surface area contributed by atoms with Crippen molar-refractivity contribution in [2.24, 2.45) is 17.8 Å². The standard InChI is InChI=1S/C44H65N5O8/c1-28(2)35(45-43(55)57-44(7,8)9)39(51)46(10)34(26-31-20-15-13-16-21-31)38(50)47(11)36(29(3)4)40(52)48(12)37(30(5)6)41(53)49-25-19-24-33(49)42(54)56-27-32-22-17-14-18-23-32/h13-18,20-23,28-30,33-37H,19,24-27H2,1-12H3,(H,45,55)/t33-,34?,35-,36+,37-/m0/s1. The van der Waals surface area contributed by atoms with E-state index < -0.39 is 65.6 Å². The third kappa shape index (κ3) is 12.5. The molecule has 3 rings (SSSR count). The third-order valence-corrected chi connectivity index (χ3v) is 10.3. The highest BCUT2D eigenvalue weighted by Gasteiger charge is 2.45. The first-order chi connectivity index (χ1) is 26.7. The number of rotatable bonds is 16. The minimum absolute atomic E-state index is 0.0884. The van der Waals surface area contributed by atoms with Crippen molar-refractivity contribution >= 4 is 35.7 Å². The molecule has 2 aromatic rings. The third-order valence-electron chi connectivity index (χ3n) is 10.3. The normalized spacial score (nSPS) is 16.4. The SMILES string of the molecule is CC(C)[C@H](NC(=O)OC(C)(C)C)C(=O)N(C)C(Cc1ccccc1)C(=O)N(C)[C@@H](C(=O)N(C)[C@H](C(=O)N1CCC[C@H]1C(=O)OCc1ccccc1)C(C)C)C(C)C. The first-order valence-corrected chi connectivity index (χ1v) is 20.0. The van der Waals surface area contributed by atoms with Crippen molar-refractivity contribution in [2.45, 2.75) is 124 Å². The number of hydrogen-bond donors (Lipinski definition) is 1. The lowest BCUT2D eigenvalue weighted by molar-refractivity contribution is -0.159. The lowest BCUT2D eigenvalue weighted by atomic mass is 9.95. The van der Waals surface area contributed by atoms with Crippen LogP contribution in [0.25, 0.3) is 0 Å². The van der Waals surface area contributed by atoms with Crippen LogP contribution in [0.15, 0.2) is 60.7 Å². The Morgan fingerprint density at radius 1 is 0.719 bits per heavy atom. The first kappa shape index (κ1) is 46.4. The van der Waals surface area contributed by atoms with E-state index in [0.29, 0.717) is 19.4 Å². The Morgan fingerprint density at radius 2 is 1.25 bits per heavy atom. The van der Waals surface area contributed by atoms with Crippen LogP contribution in [0, 0.1) is 17.8 Å². The van der Waals surface area contributed by atoms with E-state index in [4.69, 9.17) is 9.47 Å². The Bertz CT molecular complexity index is 1680. The molecule has 0 bridgehead atoms. The van der Waals surface area contributed by atoms with Crippen molar-refractivity contribution in [1.82, 2.24) is 24.9 Å². The minimum atomic E-state index is -1.05. The number of likely N-dealkylation sites (tertiary alicyclic amines) is 1. The second-order valence-corrected chi connectivity index (χ2v) is 17.1. The number of ether oxygens (including phenoxy) is 2. The average Bonchev–Trinajstić information content (AvgIpc) is 3.64. The quantitative estimate of drug-likeness (QED) is 0.226. The van der Waals surface area contributed by atoms with Crippen molar-refractivity contribution in [3.63, 3.8) is 0 Å². The number of likely N-dealkylation sites (N-methyl/N-ethyl adjacent to an activating group) is 3. The molecule has 1 heterocycles. The van der Waals surface area contributed by atoms with Gasteiger partial charge in [0.05, 0.1) is 0 Å². The minimum Gasteiger partial charge on any atom is -0.459 e. The van der Waals surface area contributed by atoms with Gasteiger partial charge < -0.3 is 34.4 Å². The maximum atomic E-state index is 14.7. The lowest BCUT2D eigenvalue weighted by Crippen LogP contribution is -2.62. The van der Waals surface area contributed by atoms with Gasteiger partial charge in [-0.05, 0) is 62.5 Å². The summed E-state index contributed by atoms with van der Waals surface area (Å²) in [6.45, 7) is 16.5. The van der Waals surface area contributed by atoms with Gasteiger partial charge in [-0.2, -0.15) is 0 Å². The van der Waals surface area contributed by atoms with Gasteiger partial charge in [-0.3, -0.25) is 19.2 Å². The first-order valence-electron chi connectivity index (χ1n) is 20.0. The molecule has 314 valence electrons. The zero-order valence-corrected chi connectivity index (χ0v) is 36.0.